The van der Waals surface area contributed by atoms with Crippen molar-refractivity contribution in [1.82, 2.24) is 15.4 Å². The molecular weight excluding hydrogens is 318 g/mol. The highest BCUT2D eigenvalue weighted by Crippen LogP contribution is 2.27. The van der Waals surface area contributed by atoms with Crippen LogP contribution < -0.4 is 10.1 Å². The molecule has 0 saturated carbocycles. The Balaban J connectivity index is 2.03. The second kappa shape index (κ2) is 9.22. The van der Waals surface area contributed by atoms with Gasteiger partial charge in [0.15, 0.2) is 5.76 Å². The van der Waals surface area contributed by atoms with Crippen molar-refractivity contribution in [2.24, 2.45) is 0 Å². The van der Waals surface area contributed by atoms with Gasteiger partial charge in [0.2, 0.25) is 0 Å². The fourth-order valence-electron chi connectivity index (χ4n) is 2.71. The molecule has 2 aromatic rings. The third kappa shape index (κ3) is 4.82. The molecule has 2 rings (SSSR count). The normalized spacial score (nSPS) is 10.9. The van der Waals surface area contributed by atoms with Crippen LogP contribution in [0.2, 0.25) is 0 Å². The Morgan fingerprint density at radius 3 is 2.52 bits per heavy atom. The SMILES string of the molecule is CCN(CC)CCCNC(=O)c1c(C)noc1-c1ccc(OC)cc1. The van der Waals surface area contributed by atoms with E-state index >= 15 is 0 Å². The molecule has 6 heteroatoms. The molecule has 0 bridgehead atoms. The van der Waals surface area contributed by atoms with Gasteiger partial charge in [-0.1, -0.05) is 19.0 Å². The zero-order chi connectivity index (χ0) is 18.2. The van der Waals surface area contributed by atoms with Crippen molar-refractivity contribution in [3.8, 4) is 17.1 Å². The summed E-state index contributed by atoms with van der Waals surface area (Å²) in [4.78, 5) is 14.9. The predicted octanol–water partition coefficient (Wildman–Crippen LogP) is 3.12. The summed E-state index contributed by atoms with van der Waals surface area (Å²) in [6.07, 6.45) is 0.912. The first-order chi connectivity index (χ1) is 12.1. The Labute approximate surface area is 149 Å². The molecular formula is C19H27N3O3. The van der Waals surface area contributed by atoms with Crippen LogP contribution in [0.4, 0.5) is 0 Å². The first kappa shape index (κ1) is 19.0. The number of ether oxygens (including phenoxy) is 1. The van der Waals surface area contributed by atoms with Crippen LogP contribution in [0.3, 0.4) is 0 Å². The molecule has 0 fully saturated rings. The van der Waals surface area contributed by atoms with Crippen molar-refractivity contribution in [3.63, 3.8) is 0 Å². The summed E-state index contributed by atoms with van der Waals surface area (Å²) in [5, 5.41) is 6.94. The molecule has 0 saturated heterocycles. The highest BCUT2D eigenvalue weighted by molar-refractivity contribution is 6.00. The monoisotopic (exact) mass is 345 g/mol. The molecule has 136 valence electrons. The largest absolute Gasteiger partial charge is 0.497 e. The van der Waals surface area contributed by atoms with E-state index in [-0.39, 0.29) is 5.91 Å². The minimum Gasteiger partial charge on any atom is -0.497 e. The highest BCUT2D eigenvalue weighted by Gasteiger charge is 2.21. The molecule has 25 heavy (non-hydrogen) atoms. The maximum absolute atomic E-state index is 12.6. The lowest BCUT2D eigenvalue weighted by atomic mass is 10.1. The van der Waals surface area contributed by atoms with Gasteiger partial charge in [0.05, 0.1) is 12.8 Å². The van der Waals surface area contributed by atoms with Gasteiger partial charge >= 0.3 is 0 Å². The Kier molecular flexibility index (Phi) is 7.01. The number of nitrogens with zero attached hydrogens (tertiary/aromatic N) is 2. The van der Waals surface area contributed by atoms with E-state index in [4.69, 9.17) is 9.26 Å². The lowest BCUT2D eigenvalue weighted by Crippen LogP contribution is -2.30. The van der Waals surface area contributed by atoms with E-state index in [9.17, 15) is 4.79 Å². The molecule has 1 amide bonds. The number of hydrogen-bond donors (Lipinski definition) is 1. The van der Waals surface area contributed by atoms with Gasteiger partial charge in [-0.05, 0) is 57.2 Å². The molecule has 0 atom stereocenters. The fourth-order valence-corrected chi connectivity index (χ4v) is 2.71. The lowest BCUT2D eigenvalue weighted by Gasteiger charge is -2.17. The summed E-state index contributed by atoms with van der Waals surface area (Å²) >= 11 is 0. The fraction of sp³-hybridized carbons (Fsp3) is 0.474. The van der Waals surface area contributed by atoms with E-state index in [0.717, 1.165) is 37.4 Å². The first-order valence-corrected chi connectivity index (χ1v) is 8.71. The highest BCUT2D eigenvalue weighted by atomic mass is 16.5. The van der Waals surface area contributed by atoms with Gasteiger partial charge in [-0.25, -0.2) is 0 Å². The number of benzene rings is 1. The van der Waals surface area contributed by atoms with E-state index < -0.39 is 0 Å². The minimum absolute atomic E-state index is 0.149. The van der Waals surface area contributed by atoms with Crippen molar-refractivity contribution >= 4 is 5.91 Å². The van der Waals surface area contributed by atoms with Crippen molar-refractivity contribution in [2.75, 3.05) is 33.3 Å². The first-order valence-electron chi connectivity index (χ1n) is 8.71. The summed E-state index contributed by atoms with van der Waals surface area (Å²) < 4.78 is 10.6. The number of carbonyl (C=O) groups is 1. The maximum Gasteiger partial charge on any atom is 0.257 e. The molecule has 0 aliphatic heterocycles. The van der Waals surface area contributed by atoms with Crippen molar-refractivity contribution < 1.29 is 14.1 Å². The number of aryl methyl sites for hydroxylation is 1. The molecule has 0 aliphatic rings. The van der Waals surface area contributed by atoms with Gasteiger partial charge in [-0.2, -0.15) is 0 Å². The zero-order valence-electron chi connectivity index (χ0n) is 15.5. The molecule has 1 heterocycles. The maximum atomic E-state index is 12.6. The molecule has 0 radical (unpaired) electrons. The zero-order valence-corrected chi connectivity index (χ0v) is 15.5. The van der Waals surface area contributed by atoms with Crippen molar-refractivity contribution in [1.29, 1.82) is 0 Å². The van der Waals surface area contributed by atoms with Crippen LogP contribution in [0.15, 0.2) is 28.8 Å². The van der Waals surface area contributed by atoms with Crippen LogP contribution in [0, 0.1) is 6.92 Å². The Hall–Kier alpha value is -2.34. The van der Waals surface area contributed by atoms with Gasteiger partial charge in [0.25, 0.3) is 5.91 Å². The number of methoxy groups -OCH3 is 1. The lowest BCUT2D eigenvalue weighted by molar-refractivity contribution is 0.0951. The van der Waals surface area contributed by atoms with E-state index in [2.05, 4.69) is 29.2 Å². The number of nitrogens with one attached hydrogen (secondary N) is 1. The standard InChI is InChI=1S/C19H27N3O3/c1-5-22(6-2)13-7-12-20-19(23)17-14(3)21-25-18(17)15-8-10-16(24-4)11-9-15/h8-11H,5-7,12-13H2,1-4H3,(H,20,23). The molecule has 1 aromatic heterocycles. The summed E-state index contributed by atoms with van der Waals surface area (Å²) in [6.45, 7) is 9.71. The van der Waals surface area contributed by atoms with Crippen molar-refractivity contribution in [2.45, 2.75) is 27.2 Å². The van der Waals surface area contributed by atoms with E-state index in [1.807, 2.05) is 24.3 Å². The summed E-state index contributed by atoms with van der Waals surface area (Å²) in [5.74, 6) is 1.09. The van der Waals surface area contributed by atoms with E-state index in [1.165, 1.54) is 0 Å². The average molecular weight is 345 g/mol. The van der Waals surface area contributed by atoms with Crippen LogP contribution in [0.1, 0.15) is 36.3 Å². The van der Waals surface area contributed by atoms with Gasteiger partial charge in [0, 0.05) is 12.1 Å². The Morgan fingerprint density at radius 1 is 1.24 bits per heavy atom. The van der Waals surface area contributed by atoms with Gasteiger partial charge in [-0.15, -0.1) is 0 Å². The Bertz CT molecular complexity index is 676. The molecule has 1 N–H and O–H groups in total. The van der Waals surface area contributed by atoms with Crippen LogP contribution in [0.5, 0.6) is 5.75 Å². The predicted molar refractivity (Wildman–Crippen MR) is 98.0 cm³/mol. The van der Waals surface area contributed by atoms with Gasteiger partial charge in [-0.3, -0.25) is 4.79 Å². The van der Waals surface area contributed by atoms with E-state index in [0.29, 0.717) is 23.6 Å². The quantitative estimate of drug-likeness (QED) is 0.707. The topological polar surface area (TPSA) is 67.6 Å². The molecule has 0 spiro atoms. The van der Waals surface area contributed by atoms with E-state index in [1.54, 1.807) is 14.0 Å². The number of rotatable bonds is 9. The second-order valence-electron chi connectivity index (χ2n) is 5.84. The summed E-state index contributed by atoms with van der Waals surface area (Å²) in [6, 6.07) is 7.38. The molecule has 1 aromatic carbocycles. The summed E-state index contributed by atoms with van der Waals surface area (Å²) in [7, 11) is 1.62. The number of amides is 1. The third-order valence-electron chi connectivity index (χ3n) is 4.27. The number of hydrogen-bond acceptors (Lipinski definition) is 5. The third-order valence-corrected chi connectivity index (χ3v) is 4.27. The average Bonchev–Trinajstić information content (AvgIpc) is 3.03. The minimum atomic E-state index is -0.149. The van der Waals surface area contributed by atoms with Crippen LogP contribution in [-0.2, 0) is 0 Å². The molecule has 0 unspecified atom stereocenters. The number of carbonyl (C=O) groups excluding carboxylic acids is 1. The Morgan fingerprint density at radius 2 is 1.92 bits per heavy atom. The van der Waals surface area contributed by atoms with Gasteiger partial charge < -0.3 is 19.5 Å². The van der Waals surface area contributed by atoms with Crippen LogP contribution >= 0.6 is 0 Å². The van der Waals surface area contributed by atoms with Crippen molar-refractivity contribution in [3.05, 3.63) is 35.5 Å². The van der Waals surface area contributed by atoms with Crippen LogP contribution in [0.25, 0.3) is 11.3 Å². The van der Waals surface area contributed by atoms with Gasteiger partial charge in [0.1, 0.15) is 11.3 Å². The molecule has 6 nitrogen and oxygen atoms in total. The number of aromatic nitrogens is 1. The smallest absolute Gasteiger partial charge is 0.257 e. The summed E-state index contributed by atoms with van der Waals surface area (Å²) in [5.41, 5.74) is 1.88. The van der Waals surface area contributed by atoms with Crippen LogP contribution in [-0.4, -0.2) is 49.3 Å². The molecule has 0 aliphatic carbocycles. The second-order valence-corrected chi connectivity index (χ2v) is 5.84.